The van der Waals surface area contributed by atoms with Gasteiger partial charge in [0.05, 0.1) is 5.56 Å². The van der Waals surface area contributed by atoms with Crippen LogP contribution >= 0.6 is 0 Å². The summed E-state index contributed by atoms with van der Waals surface area (Å²) >= 11 is 0. The number of H-pyrrole nitrogens is 1. The molecule has 0 saturated heterocycles. The van der Waals surface area contributed by atoms with Gasteiger partial charge in [-0.05, 0) is 75.4 Å². The second-order valence-electron chi connectivity index (χ2n) is 8.67. The molecule has 4 nitrogen and oxygen atoms in total. The Bertz CT molecular complexity index is 1000. The van der Waals surface area contributed by atoms with Crippen molar-refractivity contribution in [3.63, 3.8) is 0 Å². The van der Waals surface area contributed by atoms with Crippen LogP contribution in [0.1, 0.15) is 71.2 Å². The molecule has 1 N–H and O–H groups in total. The molecule has 1 aliphatic carbocycles. The molecule has 158 valence electrons. The normalized spacial score (nSPS) is 16.2. The van der Waals surface area contributed by atoms with E-state index in [0.29, 0.717) is 5.92 Å². The van der Waals surface area contributed by atoms with Crippen LogP contribution in [0.15, 0.2) is 57.8 Å². The van der Waals surface area contributed by atoms with Crippen LogP contribution in [0.2, 0.25) is 0 Å². The average molecular weight is 405 g/mol. The molecule has 4 rings (SSSR count). The fourth-order valence-electron chi connectivity index (χ4n) is 5.04. The van der Waals surface area contributed by atoms with Crippen LogP contribution in [-0.4, -0.2) is 23.6 Å². The molecule has 0 unspecified atom stereocenters. The zero-order valence-electron chi connectivity index (χ0n) is 18.3. The standard InChI is InChI=1S/C26H32N2O2/c1-18-10-4-6-12-20(18)22(21-13-7-5-11-19(21)2)14-9-17-28(3)23-15-8-16-24-25(23)26(29)27-30-24/h4-7,10-13,22-23H,8-9,14-17H2,1-3H3,(H,27,29)/t23-/m1/s1. The maximum Gasteiger partial charge on any atom is 0.284 e. The number of hydrogen-bond donors (Lipinski definition) is 1. The lowest BCUT2D eigenvalue weighted by atomic mass is 9.83. The Kier molecular flexibility index (Phi) is 6.24. The summed E-state index contributed by atoms with van der Waals surface area (Å²) in [5, 5.41) is 2.54. The SMILES string of the molecule is Cc1ccccc1C(CCCN(C)[C@@H]1CCCc2o[nH]c(=O)c21)c1ccccc1C. The third kappa shape index (κ3) is 4.15. The Morgan fingerprint density at radius 3 is 2.33 bits per heavy atom. The van der Waals surface area contributed by atoms with Crippen LogP contribution in [0.25, 0.3) is 0 Å². The van der Waals surface area contributed by atoms with Crippen molar-refractivity contribution in [2.75, 3.05) is 13.6 Å². The highest BCUT2D eigenvalue weighted by Crippen LogP contribution is 2.35. The summed E-state index contributed by atoms with van der Waals surface area (Å²) in [6.07, 6.45) is 5.11. The first kappa shape index (κ1) is 20.7. The van der Waals surface area contributed by atoms with Gasteiger partial charge in [-0.1, -0.05) is 48.5 Å². The van der Waals surface area contributed by atoms with Gasteiger partial charge in [-0.15, -0.1) is 0 Å². The van der Waals surface area contributed by atoms with Crippen LogP contribution in [0.3, 0.4) is 0 Å². The number of hydrogen-bond acceptors (Lipinski definition) is 3. The van der Waals surface area contributed by atoms with E-state index >= 15 is 0 Å². The highest BCUT2D eigenvalue weighted by Gasteiger charge is 2.29. The van der Waals surface area contributed by atoms with Gasteiger partial charge in [-0.3, -0.25) is 9.69 Å². The summed E-state index contributed by atoms with van der Waals surface area (Å²) in [7, 11) is 2.14. The smallest absolute Gasteiger partial charge is 0.284 e. The predicted molar refractivity (Wildman–Crippen MR) is 121 cm³/mol. The molecule has 0 amide bonds. The average Bonchev–Trinajstić information content (AvgIpc) is 3.14. The summed E-state index contributed by atoms with van der Waals surface area (Å²) in [5.74, 6) is 1.24. The van der Waals surface area contributed by atoms with Gasteiger partial charge in [-0.2, -0.15) is 5.16 Å². The Morgan fingerprint density at radius 2 is 1.70 bits per heavy atom. The summed E-state index contributed by atoms with van der Waals surface area (Å²) in [6, 6.07) is 17.6. The first-order valence-corrected chi connectivity index (χ1v) is 11.1. The Morgan fingerprint density at radius 1 is 1.07 bits per heavy atom. The van der Waals surface area contributed by atoms with Gasteiger partial charge in [-0.25, -0.2) is 0 Å². The maximum absolute atomic E-state index is 12.2. The summed E-state index contributed by atoms with van der Waals surface area (Å²) in [4.78, 5) is 14.6. The van der Waals surface area contributed by atoms with Crippen molar-refractivity contribution in [2.45, 2.75) is 57.9 Å². The zero-order valence-corrected chi connectivity index (χ0v) is 18.3. The van der Waals surface area contributed by atoms with Crippen LogP contribution in [-0.2, 0) is 6.42 Å². The molecule has 2 aromatic carbocycles. The second kappa shape index (κ2) is 9.05. The maximum atomic E-state index is 12.2. The van der Waals surface area contributed by atoms with Gasteiger partial charge in [0.15, 0.2) is 0 Å². The van der Waals surface area contributed by atoms with Gasteiger partial charge < -0.3 is 4.52 Å². The van der Waals surface area contributed by atoms with Crippen molar-refractivity contribution in [1.82, 2.24) is 10.1 Å². The summed E-state index contributed by atoms with van der Waals surface area (Å²) < 4.78 is 5.39. The van der Waals surface area contributed by atoms with Gasteiger partial charge >= 0.3 is 0 Å². The molecule has 0 radical (unpaired) electrons. The molecular weight excluding hydrogens is 372 g/mol. The first-order valence-electron chi connectivity index (χ1n) is 11.1. The number of aromatic nitrogens is 1. The summed E-state index contributed by atoms with van der Waals surface area (Å²) in [6.45, 7) is 5.38. The van der Waals surface area contributed by atoms with E-state index in [4.69, 9.17) is 4.52 Å². The third-order valence-corrected chi connectivity index (χ3v) is 6.69. The molecule has 1 heterocycles. The fraction of sp³-hybridized carbons (Fsp3) is 0.423. The van der Waals surface area contributed by atoms with Crippen LogP contribution in [0.5, 0.6) is 0 Å². The lowest BCUT2D eigenvalue weighted by Gasteiger charge is -2.30. The minimum absolute atomic E-state index is 0.0563. The molecule has 0 saturated carbocycles. The highest BCUT2D eigenvalue weighted by atomic mass is 16.5. The predicted octanol–water partition coefficient (Wildman–Crippen LogP) is 5.51. The van der Waals surface area contributed by atoms with E-state index in [1.54, 1.807) is 0 Å². The Hall–Kier alpha value is -2.59. The zero-order chi connectivity index (χ0) is 21.1. The van der Waals surface area contributed by atoms with Crippen molar-refractivity contribution in [3.05, 3.63) is 92.5 Å². The number of aryl methyl sites for hydroxylation is 3. The van der Waals surface area contributed by atoms with E-state index in [9.17, 15) is 4.79 Å². The molecule has 3 aromatic rings. The topological polar surface area (TPSA) is 49.2 Å². The first-order chi connectivity index (χ1) is 14.6. The lowest BCUT2D eigenvalue weighted by Crippen LogP contribution is -2.31. The van der Waals surface area contributed by atoms with E-state index in [1.807, 2.05) is 0 Å². The molecule has 1 aromatic heterocycles. The molecule has 4 heteroatoms. The third-order valence-electron chi connectivity index (χ3n) is 6.69. The van der Waals surface area contributed by atoms with Crippen LogP contribution in [0, 0.1) is 13.8 Å². The van der Waals surface area contributed by atoms with E-state index in [2.05, 4.69) is 79.5 Å². The van der Waals surface area contributed by atoms with Gasteiger partial charge in [0.1, 0.15) is 5.76 Å². The number of benzene rings is 2. The quantitative estimate of drug-likeness (QED) is 0.565. The van der Waals surface area contributed by atoms with Crippen molar-refractivity contribution < 1.29 is 4.52 Å². The van der Waals surface area contributed by atoms with Crippen molar-refractivity contribution in [2.24, 2.45) is 0 Å². The van der Waals surface area contributed by atoms with Gasteiger partial charge in [0.2, 0.25) is 0 Å². The molecule has 30 heavy (non-hydrogen) atoms. The van der Waals surface area contributed by atoms with E-state index < -0.39 is 0 Å². The van der Waals surface area contributed by atoms with Crippen molar-refractivity contribution in [3.8, 4) is 0 Å². The Labute approximate surface area is 178 Å². The summed E-state index contributed by atoms with van der Waals surface area (Å²) in [5.41, 5.74) is 6.32. The van der Waals surface area contributed by atoms with Gasteiger partial charge in [0, 0.05) is 18.4 Å². The Balaban J connectivity index is 1.50. The molecule has 0 spiro atoms. The highest BCUT2D eigenvalue weighted by molar-refractivity contribution is 5.40. The number of fused-ring (bicyclic) bond motifs is 1. The molecule has 0 aliphatic heterocycles. The lowest BCUT2D eigenvalue weighted by molar-refractivity contribution is 0.209. The number of aromatic amines is 1. The van der Waals surface area contributed by atoms with E-state index in [0.717, 1.165) is 50.0 Å². The van der Waals surface area contributed by atoms with Crippen LogP contribution < -0.4 is 5.56 Å². The molecule has 0 bridgehead atoms. The van der Waals surface area contributed by atoms with Crippen molar-refractivity contribution in [1.29, 1.82) is 0 Å². The fourth-order valence-corrected chi connectivity index (χ4v) is 5.04. The van der Waals surface area contributed by atoms with E-state index in [1.165, 1.54) is 22.3 Å². The number of nitrogens with one attached hydrogen (secondary N) is 1. The van der Waals surface area contributed by atoms with E-state index in [-0.39, 0.29) is 11.6 Å². The monoisotopic (exact) mass is 404 g/mol. The van der Waals surface area contributed by atoms with Crippen molar-refractivity contribution >= 4 is 0 Å². The minimum atomic E-state index is -0.0563. The largest absolute Gasteiger partial charge is 0.383 e. The van der Waals surface area contributed by atoms with Crippen LogP contribution in [0.4, 0.5) is 0 Å². The minimum Gasteiger partial charge on any atom is -0.383 e. The molecule has 1 aliphatic rings. The molecule has 0 fully saturated rings. The molecule has 1 atom stereocenters. The van der Waals surface area contributed by atoms with Gasteiger partial charge in [0.25, 0.3) is 5.56 Å². The molecular formula is C26H32N2O2. The second-order valence-corrected chi connectivity index (χ2v) is 8.67. The number of nitrogens with zero attached hydrogens (tertiary/aromatic N) is 1. The number of rotatable bonds is 7.